The molecule has 0 aliphatic heterocycles. The van der Waals surface area contributed by atoms with Gasteiger partial charge in [-0.05, 0) is 47.4 Å². The smallest absolute Gasteiger partial charge is 0.255 e. The van der Waals surface area contributed by atoms with Crippen LogP contribution in [0.5, 0.6) is 0 Å². The van der Waals surface area contributed by atoms with Crippen molar-refractivity contribution in [3.63, 3.8) is 0 Å². The lowest BCUT2D eigenvalue weighted by Crippen LogP contribution is -2.15. The molecule has 0 heterocycles. The summed E-state index contributed by atoms with van der Waals surface area (Å²) in [7, 11) is -3.74. The third kappa shape index (κ3) is 4.43. The summed E-state index contributed by atoms with van der Waals surface area (Å²) in [6, 6.07) is 11.1. The monoisotopic (exact) mass is 410 g/mol. The summed E-state index contributed by atoms with van der Waals surface area (Å²) in [5.41, 5.74) is 2.07. The van der Waals surface area contributed by atoms with E-state index in [1.807, 2.05) is 6.07 Å². The standard InChI is InChI=1S/C17H19BrN2O3S/c1-17(2,3)14-9-4-11(10-15(14)18)16(21)20-12-5-7-13(8-6-12)24(19,22)23/h4-10H,1-3H3,(H,20,21)(H2,19,22,23). The Morgan fingerprint density at radius 2 is 1.67 bits per heavy atom. The second kappa shape index (κ2) is 6.66. The van der Waals surface area contributed by atoms with Gasteiger partial charge >= 0.3 is 0 Å². The van der Waals surface area contributed by atoms with Crippen molar-refractivity contribution in [2.24, 2.45) is 5.14 Å². The van der Waals surface area contributed by atoms with Crippen LogP contribution < -0.4 is 10.5 Å². The lowest BCUT2D eigenvalue weighted by atomic mass is 9.86. The van der Waals surface area contributed by atoms with Crippen molar-refractivity contribution in [3.8, 4) is 0 Å². The van der Waals surface area contributed by atoms with Gasteiger partial charge in [0, 0.05) is 15.7 Å². The zero-order valence-corrected chi connectivity index (χ0v) is 16.0. The van der Waals surface area contributed by atoms with E-state index in [0.29, 0.717) is 11.3 Å². The first-order valence-electron chi connectivity index (χ1n) is 7.23. The van der Waals surface area contributed by atoms with Crippen molar-refractivity contribution in [3.05, 3.63) is 58.1 Å². The molecule has 0 aliphatic carbocycles. The summed E-state index contributed by atoms with van der Waals surface area (Å²) < 4.78 is 23.3. The summed E-state index contributed by atoms with van der Waals surface area (Å²) in [6.45, 7) is 6.29. The summed E-state index contributed by atoms with van der Waals surface area (Å²) in [6.07, 6.45) is 0. The number of nitrogens with two attached hydrogens (primary N) is 1. The minimum atomic E-state index is -3.74. The summed E-state index contributed by atoms with van der Waals surface area (Å²) in [4.78, 5) is 12.3. The third-order valence-electron chi connectivity index (χ3n) is 3.48. The summed E-state index contributed by atoms with van der Waals surface area (Å²) in [5, 5.41) is 7.77. The van der Waals surface area contributed by atoms with Crippen LogP contribution in [0.4, 0.5) is 5.69 Å². The van der Waals surface area contributed by atoms with E-state index in [1.165, 1.54) is 24.3 Å². The lowest BCUT2D eigenvalue weighted by Gasteiger charge is -2.21. The molecule has 0 spiro atoms. The molecule has 0 saturated carbocycles. The molecule has 0 unspecified atom stereocenters. The molecule has 24 heavy (non-hydrogen) atoms. The maximum Gasteiger partial charge on any atom is 0.255 e. The zero-order valence-electron chi connectivity index (χ0n) is 13.6. The van der Waals surface area contributed by atoms with Crippen LogP contribution in [0.2, 0.25) is 0 Å². The van der Waals surface area contributed by atoms with Crippen molar-refractivity contribution in [2.75, 3.05) is 5.32 Å². The first kappa shape index (κ1) is 18.6. The van der Waals surface area contributed by atoms with Gasteiger partial charge in [0.25, 0.3) is 5.91 Å². The Bertz CT molecular complexity index is 870. The van der Waals surface area contributed by atoms with Gasteiger partial charge in [-0.3, -0.25) is 4.79 Å². The van der Waals surface area contributed by atoms with Crippen LogP contribution in [0.25, 0.3) is 0 Å². The van der Waals surface area contributed by atoms with E-state index in [4.69, 9.17) is 5.14 Å². The molecule has 0 aromatic heterocycles. The van der Waals surface area contributed by atoms with Crippen molar-refractivity contribution in [1.82, 2.24) is 0 Å². The van der Waals surface area contributed by atoms with Crippen molar-refractivity contribution < 1.29 is 13.2 Å². The van der Waals surface area contributed by atoms with Gasteiger partial charge in [-0.25, -0.2) is 13.6 Å². The zero-order chi connectivity index (χ0) is 18.1. The fourth-order valence-corrected chi connectivity index (χ4v) is 3.68. The Morgan fingerprint density at radius 3 is 2.12 bits per heavy atom. The molecule has 3 N–H and O–H groups in total. The highest BCUT2D eigenvalue weighted by Gasteiger charge is 2.18. The highest BCUT2D eigenvalue weighted by atomic mass is 79.9. The third-order valence-corrected chi connectivity index (χ3v) is 5.07. The largest absolute Gasteiger partial charge is 0.322 e. The maximum atomic E-state index is 12.3. The molecule has 0 fully saturated rings. The fraction of sp³-hybridized carbons (Fsp3) is 0.235. The van der Waals surface area contributed by atoms with Crippen LogP contribution in [0.15, 0.2) is 51.8 Å². The van der Waals surface area contributed by atoms with Gasteiger partial charge in [-0.1, -0.05) is 42.8 Å². The Kier molecular flexibility index (Phi) is 5.17. The number of sulfonamides is 1. The number of halogens is 1. The van der Waals surface area contributed by atoms with Crippen LogP contribution in [0.3, 0.4) is 0 Å². The van der Waals surface area contributed by atoms with Gasteiger partial charge in [0.15, 0.2) is 0 Å². The number of primary sulfonamides is 1. The van der Waals surface area contributed by atoms with Gasteiger partial charge < -0.3 is 5.32 Å². The van der Waals surface area contributed by atoms with E-state index in [9.17, 15) is 13.2 Å². The molecule has 0 radical (unpaired) electrons. The molecule has 2 rings (SSSR count). The Balaban J connectivity index is 2.20. The first-order chi connectivity index (χ1) is 11.0. The van der Waals surface area contributed by atoms with E-state index in [1.54, 1.807) is 12.1 Å². The Hall–Kier alpha value is -1.70. The SMILES string of the molecule is CC(C)(C)c1ccc(C(=O)Nc2ccc(S(N)(=O)=O)cc2)cc1Br. The van der Waals surface area contributed by atoms with Gasteiger partial charge in [-0.15, -0.1) is 0 Å². The van der Waals surface area contributed by atoms with E-state index in [2.05, 4.69) is 42.0 Å². The van der Waals surface area contributed by atoms with E-state index in [-0.39, 0.29) is 16.2 Å². The van der Waals surface area contributed by atoms with Crippen molar-refractivity contribution in [1.29, 1.82) is 0 Å². The molecule has 0 atom stereocenters. The second-order valence-corrected chi connectivity index (χ2v) is 8.88. The van der Waals surface area contributed by atoms with Crippen molar-refractivity contribution in [2.45, 2.75) is 31.1 Å². The maximum absolute atomic E-state index is 12.3. The molecule has 0 aliphatic rings. The average Bonchev–Trinajstić information content (AvgIpc) is 2.45. The van der Waals surface area contributed by atoms with Crippen LogP contribution >= 0.6 is 15.9 Å². The predicted octanol–water partition coefficient (Wildman–Crippen LogP) is 3.65. The molecule has 128 valence electrons. The molecule has 0 saturated heterocycles. The number of carbonyl (C=O) groups is 1. The Morgan fingerprint density at radius 1 is 1.08 bits per heavy atom. The van der Waals surface area contributed by atoms with Gasteiger partial charge in [0.05, 0.1) is 4.90 Å². The molecule has 2 aromatic carbocycles. The number of amides is 1. The van der Waals surface area contributed by atoms with Gasteiger partial charge in [0.2, 0.25) is 10.0 Å². The number of carbonyl (C=O) groups excluding carboxylic acids is 1. The van der Waals surface area contributed by atoms with E-state index < -0.39 is 10.0 Å². The Labute approximate surface area is 150 Å². The number of rotatable bonds is 3. The highest BCUT2D eigenvalue weighted by Crippen LogP contribution is 2.30. The minimum Gasteiger partial charge on any atom is -0.322 e. The molecule has 2 aromatic rings. The topological polar surface area (TPSA) is 89.3 Å². The molecular weight excluding hydrogens is 392 g/mol. The molecule has 0 bridgehead atoms. The number of benzene rings is 2. The predicted molar refractivity (Wildman–Crippen MR) is 98.6 cm³/mol. The molecule has 1 amide bonds. The number of anilines is 1. The fourth-order valence-electron chi connectivity index (χ4n) is 2.20. The number of nitrogens with one attached hydrogen (secondary N) is 1. The van der Waals surface area contributed by atoms with Crippen LogP contribution in [-0.2, 0) is 15.4 Å². The first-order valence-corrected chi connectivity index (χ1v) is 9.56. The second-order valence-electron chi connectivity index (χ2n) is 6.47. The van der Waals surface area contributed by atoms with E-state index >= 15 is 0 Å². The van der Waals surface area contributed by atoms with Crippen LogP contribution in [-0.4, -0.2) is 14.3 Å². The quantitative estimate of drug-likeness (QED) is 0.808. The average molecular weight is 411 g/mol. The summed E-state index contributed by atoms with van der Waals surface area (Å²) >= 11 is 3.51. The van der Waals surface area contributed by atoms with Gasteiger partial charge in [-0.2, -0.15) is 0 Å². The number of hydrogen-bond acceptors (Lipinski definition) is 3. The lowest BCUT2D eigenvalue weighted by molar-refractivity contribution is 0.102. The normalized spacial score (nSPS) is 12.0. The van der Waals surface area contributed by atoms with Crippen LogP contribution in [0, 0.1) is 0 Å². The van der Waals surface area contributed by atoms with Gasteiger partial charge in [0.1, 0.15) is 0 Å². The minimum absolute atomic E-state index is 0.00206. The van der Waals surface area contributed by atoms with Crippen LogP contribution in [0.1, 0.15) is 36.7 Å². The molecule has 5 nitrogen and oxygen atoms in total. The molecular formula is C17H19BrN2O3S. The van der Waals surface area contributed by atoms with Crippen molar-refractivity contribution >= 4 is 37.5 Å². The highest BCUT2D eigenvalue weighted by molar-refractivity contribution is 9.10. The molecule has 7 heteroatoms. The van der Waals surface area contributed by atoms with E-state index in [0.717, 1.165) is 10.0 Å². The summed E-state index contributed by atoms with van der Waals surface area (Å²) in [5.74, 6) is -0.278. The number of hydrogen-bond donors (Lipinski definition) is 2.